The van der Waals surface area contributed by atoms with Crippen molar-refractivity contribution < 1.29 is 18.3 Å². The van der Waals surface area contributed by atoms with Gasteiger partial charge in [-0.2, -0.15) is 0 Å². The standard InChI is InChI=1S/C15H19F2N3O2/c16-14(17)8-22-10-3-4-19-13(5-10)15(21)20-6-9-1-2-12(18)11(9)7-20/h3-5,9,11-12,14H,1-2,6-8,18H2. The highest BCUT2D eigenvalue weighted by molar-refractivity contribution is 5.92. The van der Waals surface area contributed by atoms with Gasteiger partial charge in [0.2, 0.25) is 0 Å². The lowest BCUT2D eigenvalue weighted by Gasteiger charge is -2.18. The van der Waals surface area contributed by atoms with Crippen LogP contribution in [0.5, 0.6) is 5.75 Å². The van der Waals surface area contributed by atoms with Crippen molar-refractivity contribution in [1.82, 2.24) is 9.88 Å². The van der Waals surface area contributed by atoms with E-state index in [-0.39, 0.29) is 23.4 Å². The molecule has 1 saturated heterocycles. The smallest absolute Gasteiger partial charge is 0.272 e. The van der Waals surface area contributed by atoms with Gasteiger partial charge in [0, 0.05) is 31.4 Å². The number of hydrogen-bond donors (Lipinski definition) is 1. The highest BCUT2D eigenvalue weighted by atomic mass is 19.3. The summed E-state index contributed by atoms with van der Waals surface area (Å²) in [5, 5.41) is 0. The average molecular weight is 311 g/mol. The van der Waals surface area contributed by atoms with Crippen LogP contribution in [-0.4, -0.2) is 48.0 Å². The summed E-state index contributed by atoms with van der Waals surface area (Å²) in [6, 6.07) is 3.04. The highest BCUT2D eigenvalue weighted by Gasteiger charge is 2.42. The van der Waals surface area contributed by atoms with Crippen LogP contribution in [0.1, 0.15) is 23.3 Å². The van der Waals surface area contributed by atoms with Crippen LogP contribution < -0.4 is 10.5 Å². The Hall–Kier alpha value is -1.76. The molecule has 7 heteroatoms. The van der Waals surface area contributed by atoms with Gasteiger partial charge in [-0.15, -0.1) is 0 Å². The summed E-state index contributed by atoms with van der Waals surface area (Å²) in [6.45, 7) is 0.649. The molecule has 5 nitrogen and oxygen atoms in total. The molecule has 120 valence electrons. The first-order valence-electron chi connectivity index (χ1n) is 7.46. The molecule has 3 atom stereocenters. The summed E-state index contributed by atoms with van der Waals surface area (Å²) in [4.78, 5) is 18.3. The summed E-state index contributed by atoms with van der Waals surface area (Å²) in [5.74, 6) is 0.873. The summed E-state index contributed by atoms with van der Waals surface area (Å²) in [6.07, 6.45) is 0.927. The first-order valence-corrected chi connectivity index (χ1v) is 7.46. The zero-order valence-corrected chi connectivity index (χ0v) is 12.1. The number of rotatable bonds is 4. The number of nitrogens with two attached hydrogens (primary N) is 1. The van der Waals surface area contributed by atoms with Gasteiger partial charge in [0.05, 0.1) is 0 Å². The van der Waals surface area contributed by atoms with E-state index in [0.717, 1.165) is 12.8 Å². The molecule has 0 bridgehead atoms. The van der Waals surface area contributed by atoms with Gasteiger partial charge in [-0.3, -0.25) is 9.78 Å². The second kappa shape index (κ2) is 6.16. The number of aromatic nitrogens is 1. The minimum Gasteiger partial charge on any atom is -0.488 e. The molecular weight excluding hydrogens is 292 g/mol. The van der Waals surface area contributed by atoms with Gasteiger partial charge < -0.3 is 15.4 Å². The molecule has 3 unspecified atom stereocenters. The van der Waals surface area contributed by atoms with E-state index in [1.54, 1.807) is 4.90 Å². The van der Waals surface area contributed by atoms with E-state index in [9.17, 15) is 13.6 Å². The largest absolute Gasteiger partial charge is 0.488 e. The van der Waals surface area contributed by atoms with E-state index in [4.69, 9.17) is 10.5 Å². The zero-order chi connectivity index (χ0) is 15.7. The number of alkyl halides is 2. The molecule has 1 aliphatic carbocycles. The number of halogens is 2. The minimum absolute atomic E-state index is 0.163. The Morgan fingerprint density at radius 1 is 1.45 bits per heavy atom. The number of likely N-dealkylation sites (tertiary alicyclic amines) is 1. The predicted octanol–water partition coefficient (Wildman–Crippen LogP) is 1.53. The molecule has 0 aromatic carbocycles. The average Bonchev–Trinajstić information content (AvgIpc) is 3.07. The van der Waals surface area contributed by atoms with Crippen LogP contribution in [0, 0.1) is 11.8 Å². The van der Waals surface area contributed by atoms with Crippen LogP contribution in [0.3, 0.4) is 0 Å². The Labute approximate surface area is 127 Å². The number of carbonyl (C=O) groups excluding carboxylic acids is 1. The molecule has 1 aliphatic heterocycles. The normalized spacial score (nSPS) is 27.3. The van der Waals surface area contributed by atoms with Crippen molar-refractivity contribution >= 4 is 5.91 Å². The number of carbonyl (C=O) groups is 1. The van der Waals surface area contributed by atoms with Crippen molar-refractivity contribution in [2.75, 3.05) is 19.7 Å². The number of nitrogens with zero attached hydrogens (tertiary/aromatic N) is 2. The van der Waals surface area contributed by atoms with Crippen LogP contribution in [0.2, 0.25) is 0 Å². The van der Waals surface area contributed by atoms with Gasteiger partial charge in [-0.05, 0) is 30.7 Å². The van der Waals surface area contributed by atoms with E-state index in [0.29, 0.717) is 24.9 Å². The summed E-state index contributed by atoms with van der Waals surface area (Å²) < 4.78 is 29.3. The van der Waals surface area contributed by atoms with Gasteiger partial charge in [0.1, 0.15) is 18.1 Å². The number of ether oxygens (including phenoxy) is 1. The topological polar surface area (TPSA) is 68.5 Å². The summed E-state index contributed by atoms with van der Waals surface area (Å²) in [7, 11) is 0. The number of fused-ring (bicyclic) bond motifs is 1. The van der Waals surface area contributed by atoms with Gasteiger partial charge in [0.25, 0.3) is 12.3 Å². The van der Waals surface area contributed by atoms with Gasteiger partial charge in [-0.25, -0.2) is 8.78 Å². The molecule has 22 heavy (non-hydrogen) atoms. The van der Waals surface area contributed by atoms with Crippen LogP contribution in [0.4, 0.5) is 8.78 Å². The molecule has 2 heterocycles. The predicted molar refractivity (Wildman–Crippen MR) is 75.8 cm³/mol. The molecule has 1 aromatic rings. The number of amides is 1. The maximum Gasteiger partial charge on any atom is 0.272 e. The second-order valence-electron chi connectivity index (χ2n) is 5.95. The molecule has 3 rings (SSSR count). The van der Waals surface area contributed by atoms with Crippen molar-refractivity contribution in [1.29, 1.82) is 0 Å². The van der Waals surface area contributed by atoms with Gasteiger partial charge in [-0.1, -0.05) is 0 Å². The van der Waals surface area contributed by atoms with Crippen molar-refractivity contribution in [2.24, 2.45) is 17.6 Å². The fourth-order valence-electron chi connectivity index (χ4n) is 3.41. The van der Waals surface area contributed by atoms with Crippen LogP contribution >= 0.6 is 0 Å². The molecule has 0 radical (unpaired) electrons. The summed E-state index contributed by atoms with van der Waals surface area (Å²) >= 11 is 0. The lowest BCUT2D eigenvalue weighted by Crippen LogP contribution is -2.33. The molecule has 2 N–H and O–H groups in total. The quantitative estimate of drug-likeness (QED) is 0.916. The minimum atomic E-state index is -2.55. The van der Waals surface area contributed by atoms with E-state index in [1.807, 2.05) is 0 Å². The van der Waals surface area contributed by atoms with Crippen molar-refractivity contribution in [2.45, 2.75) is 25.3 Å². The molecule has 2 fully saturated rings. The van der Waals surface area contributed by atoms with Crippen LogP contribution in [0.25, 0.3) is 0 Å². The Balaban J connectivity index is 1.66. The number of pyridine rings is 1. The van der Waals surface area contributed by atoms with Crippen molar-refractivity contribution in [3.63, 3.8) is 0 Å². The Morgan fingerprint density at radius 3 is 3.00 bits per heavy atom. The van der Waals surface area contributed by atoms with Crippen LogP contribution in [0.15, 0.2) is 18.3 Å². The molecule has 2 aliphatic rings. The first kappa shape index (κ1) is 15.1. The molecule has 1 amide bonds. The third-order valence-electron chi connectivity index (χ3n) is 4.53. The number of hydrogen-bond acceptors (Lipinski definition) is 4. The van der Waals surface area contributed by atoms with Crippen molar-refractivity contribution in [3.05, 3.63) is 24.0 Å². The first-order chi connectivity index (χ1) is 10.5. The van der Waals surface area contributed by atoms with E-state index >= 15 is 0 Å². The third kappa shape index (κ3) is 3.04. The second-order valence-corrected chi connectivity index (χ2v) is 5.95. The molecule has 1 saturated carbocycles. The fraction of sp³-hybridized carbons (Fsp3) is 0.600. The lowest BCUT2D eigenvalue weighted by atomic mass is 9.98. The van der Waals surface area contributed by atoms with Crippen molar-refractivity contribution in [3.8, 4) is 5.75 Å². The Kier molecular flexibility index (Phi) is 4.24. The Bertz CT molecular complexity index is 555. The molecule has 1 aromatic heterocycles. The maximum atomic E-state index is 12.5. The van der Waals surface area contributed by atoms with Gasteiger partial charge in [0.15, 0.2) is 0 Å². The van der Waals surface area contributed by atoms with Crippen LogP contribution in [-0.2, 0) is 0 Å². The summed E-state index contributed by atoms with van der Waals surface area (Å²) in [5.41, 5.74) is 6.29. The SMILES string of the molecule is NC1CCC2CN(C(=O)c3cc(OCC(F)F)ccn3)CC12. The van der Waals surface area contributed by atoms with E-state index in [2.05, 4.69) is 4.98 Å². The lowest BCUT2D eigenvalue weighted by molar-refractivity contribution is 0.0768. The molecular formula is C15H19F2N3O2. The van der Waals surface area contributed by atoms with E-state index < -0.39 is 13.0 Å². The fourth-order valence-corrected chi connectivity index (χ4v) is 3.41. The maximum absolute atomic E-state index is 12.5. The molecule has 0 spiro atoms. The highest BCUT2D eigenvalue weighted by Crippen LogP contribution is 2.37. The monoisotopic (exact) mass is 311 g/mol. The zero-order valence-electron chi connectivity index (χ0n) is 12.1. The third-order valence-corrected chi connectivity index (χ3v) is 4.53. The van der Waals surface area contributed by atoms with Gasteiger partial charge >= 0.3 is 0 Å². The van der Waals surface area contributed by atoms with E-state index in [1.165, 1.54) is 18.3 Å². The Morgan fingerprint density at radius 2 is 2.27 bits per heavy atom.